The summed E-state index contributed by atoms with van der Waals surface area (Å²) in [6, 6.07) is 4.75. The summed E-state index contributed by atoms with van der Waals surface area (Å²) < 4.78 is 48.4. The molecule has 1 aromatic carbocycles. The van der Waals surface area contributed by atoms with Gasteiger partial charge in [0.25, 0.3) is 5.56 Å². The van der Waals surface area contributed by atoms with Crippen LogP contribution < -0.4 is 10.3 Å². The Labute approximate surface area is 242 Å². The minimum atomic E-state index is -3.91. The first-order chi connectivity index (χ1) is 19.8. The van der Waals surface area contributed by atoms with Crippen LogP contribution in [0.25, 0.3) is 16.9 Å². The summed E-state index contributed by atoms with van der Waals surface area (Å²) in [6.07, 6.45) is 5.02. The SMILES string of the molecule is CCCOc1ccc(S(=O)(=O)N(CCCOCC)CC2CCCO2)cc1-c1nn2c(CCC)nc(CC)c2c(=O)[nH]1. The number of imidazole rings is 1. The molecule has 0 amide bonds. The molecule has 3 heterocycles. The van der Waals surface area contributed by atoms with Crippen molar-refractivity contribution in [2.75, 3.05) is 39.5 Å². The quantitative estimate of drug-likeness (QED) is 0.249. The topological polar surface area (TPSA) is 128 Å². The van der Waals surface area contributed by atoms with E-state index in [2.05, 4.69) is 9.97 Å². The predicted octanol–water partition coefficient (Wildman–Crippen LogP) is 3.98. The molecule has 2 aromatic heterocycles. The van der Waals surface area contributed by atoms with Gasteiger partial charge >= 0.3 is 0 Å². The fraction of sp³-hybridized carbons (Fsp3) is 0.621. The van der Waals surface area contributed by atoms with E-state index < -0.39 is 10.0 Å². The number of aryl methyl sites for hydroxylation is 2. The lowest BCUT2D eigenvalue weighted by Crippen LogP contribution is -2.38. The Morgan fingerprint density at radius 1 is 1.17 bits per heavy atom. The molecule has 1 aliphatic heterocycles. The molecule has 0 aliphatic carbocycles. The van der Waals surface area contributed by atoms with E-state index in [9.17, 15) is 13.2 Å². The average molecular weight is 590 g/mol. The van der Waals surface area contributed by atoms with Crippen LogP contribution in [0, 0.1) is 0 Å². The van der Waals surface area contributed by atoms with Gasteiger partial charge in [0, 0.05) is 39.3 Å². The van der Waals surface area contributed by atoms with Gasteiger partial charge in [-0.25, -0.2) is 17.9 Å². The van der Waals surface area contributed by atoms with E-state index in [1.54, 1.807) is 22.7 Å². The van der Waals surface area contributed by atoms with Crippen LogP contribution in [-0.4, -0.2) is 77.9 Å². The fourth-order valence-electron chi connectivity index (χ4n) is 5.04. The molecule has 1 N–H and O–H groups in total. The van der Waals surface area contributed by atoms with Crippen molar-refractivity contribution in [3.8, 4) is 17.1 Å². The number of ether oxygens (including phenoxy) is 3. The summed E-state index contributed by atoms with van der Waals surface area (Å²) in [4.78, 5) is 20.9. The molecule has 1 saturated heterocycles. The Kier molecular flexibility index (Phi) is 10.9. The molecule has 3 aromatic rings. The number of hydrogen-bond acceptors (Lipinski definition) is 8. The smallest absolute Gasteiger partial charge is 0.277 e. The lowest BCUT2D eigenvalue weighted by atomic mass is 10.2. The summed E-state index contributed by atoms with van der Waals surface area (Å²) in [5, 5.41) is 4.76. The molecule has 1 atom stereocenters. The van der Waals surface area contributed by atoms with Gasteiger partial charge in [0.2, 0.25) is 10.0 Å². The van der Waals surface area contributed by atoms with E-state index >= 15 is 0 Å². The lowest BCUT2D eigenvalue weighted by Gasteiger charge is -2.25. The largest absolute Gasteiger partial charge is 0.493 e. The Balaban J connectivity index is 1.79. The van der Waals surface area contributed by atoms with Crippen LogP contribution in [0.15, 0.2) is 27.9 Å². The molecule has 0 bridgehead atoms. The summed E-state index contributed by atoms with van der Waals surface area (Å²) in [7, 11) is -3.91. The molecule has 4 rings (SSSR count). The second kappa shape index (κ2) is 14.4. The number of aromatic amines is 1. The molecule has 41 heavy (non-hydrogen) atoms. The van der Waals surface area contributed by atoms with Crippen LogP contribution in [0.2, 0.25) is 0 Å². The fourth-order valence-corrected chi connectivity index (χ4v) is 6.58. The Morgan fingerprint density at radius 3 is 2.68 bits per heavy atom. The van der Waals surface area contributed by atoms with Crippen molar-refractivity contribution < 1.29 is 22.6 Å². The molecule has 0 radical (unpaired) electrons. The Bertz CT molecular complexity index is 1460. The summed E-state index contributed by atoms with van der Waals surface area (Å²) >= 11 is 0. The van der Waals surface area contributed by atoms with Gasteiger partial charge in [-0.2, -0.15) is 4.31 Å². The van der Waals surface area contributed by atoms with Crippen LogP contribution in [0.3, 0.4) is 0 Å². The average Bonchev–Trinajstić information content (AvgIpc) is 3.61. The number of hydrogen-bond donors (Lipinski definition) is 1. The number of sulfonamides is 1. The number of nitrogens with zero attached hydrogens (tertiary/aromatic N) is 4. The first kappa shape index (κ1) is 31.1. The number of rotatable bonds is 16. The zero-order chi connectivity index (χ0) is 29.4. The van der Waals surface area contributed by atoms with Gasteiger partial charge < -0.3 is 19.2 Å². The highest BCUT2D eigenvalue weighted by Crippen LogP contribution is 2.32. The van der Waals surface area contributed by atoms with Gasteiger partial charge in [-0.15, -0.1) is 5.10 Å². The van der Waals surface area contributed by atoms with Crippen molar-refractivity contribution in [1.29, 1.82) is 0 Å². The first-order valence-electron chi connectivity index (χ1n) is 14.8. The maximum absolute atomic E-state index is 14.0. The molecule has 1 unspecified atom stereocenters. The maximum atomic E-state index is 14.0. The molecular weight excluding hydrogens is 546 g/mol. The second-order valence-corrected chi connectivity index (χ2v) is 12.1. The number of benzene rings is 1. The first-order valence-corrected chi connectivity index (χ1v) is 16.2. The molecule has 1 fully saturated rings. The number of aromatic nitrogens is 4. The Morgan fingerprint density at radius 2 is 2.00 bits per heavy atom. The van der Waals surface area contributed by atoms with Crippen molar-refractivity contribution in [3.05, 3.63) is 40.1 Å². The highest BCUT2D eigenvalue weighted by Gasteiger charge is 2.30. The van der Waals surface area contributed by atoms with Crippen molar-refractivity contribution in [1.82, 2.24) is 23.9 Å². The third-order valence-corrected chi connectivity index (χ3v) is 8.95. The highest BCUT2D eigenvalue weighted by molar-refractivity contribution is 7.89. The summed E-state index contributed by atoms with van der Waals surface area (Å²) in [5.41, 5.74) is 1.17. The van der Waals surface area contributed by atoms with Gasteiger partial charge in [-0.05, 0) is 63.6 Å². The van der Waals surface area contributed by atoms with Crippen LogP contribution >= 0.6 is 0 Å². The van der Waals surface area contributed by atoms with E-state index in [0.29, 0.717) is 80.6 Å². The molecule has 12 heteroatoms. The zero-order valence-corrected chi connectivity index (χ0v) is 25.5. The van der Waals surface area contributed by atoms with E-state index in [1.165, 1.54) is 4.31 Å². The van der Waals surface area contributed by atoms with E-state index in [1.807, 2.05) is 27.7 Å². The third kappa shape index (κ3) is 7.17. The number of nitrogens with one attached hydrogen (secondary N) is 1. The van der Waals surface area contributed by atoms with Crippen LogP contribution in [0.4, 0.5) is 0 Å². The molecular formula is C29H43N5O6S. The molecule has 11 nitrogen and oxygen atoms in total. The van der Waals surface area contributed by atoms with Crippen LogP contribution in [0.5, 0.6) is 5.75 Å². The number of H-pyrrole nitrogens is 1. The minimum absolute atomic E-state index is 0.0992. The van der Waals surface area contributed by atoms with Crippen LogP contribution in [-0.2, 0) is 32.3 Å². The van der Waals surface area contributed by atoms with E-state index in [4.69, 9.17) is 19.3 Å². The van der Waals surface area contributed by atoms with Gasteiger partial charge in [0.05, 0.1) is 28.9 Å². The Hall–Kier alpha value is -2.80. The molecule has 226 valence electrons. The molecule has 1 aliphatic rings. The third-order valence-electron chi connectivity index (χ3n) is 7.09. The predicted molar refractivity (Wildman–Crippen MR) is 157 cm³/mol. The second-order valence-electron chi connectivity index (χ2n) is 10.2. The van der Waals surface area contributed by atoms with Crippen LogP contribution in [0.1, 0.15) is 71.3 Å². The van der Waals surface area contributed by atoms with E-state index in [-0.39, 0.29) is 28.9 Å². The normalized spacial score (nSPS) is 15.8. The van der Waals surface area contributed by atoms with Crippen molar-refractivity contribution in [3.63, 3.8) is 0 Å². The van der Waals surface area contributed by atoms with Gasteiger partial charge in [-0.3, -0.25) is 4.79 Å². The van der Waals surface area contributed by atoms with Crippen molar-refractivity contribution >= 4 is 15.5 Å². The van der Waals surface area contributed by atoms with Gasteiger partial charge in [0.15, 0.2) is 11.3 Å². The molecule has 0 spiro atoms. The zero-order valence-electron chi connectivity index (χ0n) is 24.6. The van der Waals surface area contributed by atoms with Gasteiger partial charge in [0.1, 0.15) is 11.6 Å². The highest BCUT2D eigenvalue weighted by atomic mass is 32.2. The monoisotopic (exact) mass is 589 g/mol. The maximum Gasteiger partial charge on any atom is 0.277 e. The van der Waals surface area contributed by atoms with Crippen molar-refractivity contribution in [2.24, 2.45) is 0 Å². The van der Waals surface area contributed by atoms with Crippen molar-refractivity contribution in [2.45, 2.75) is 83.6 Å². The minimum Gasteiger partial charge on any atom is -0.493 e. The number of fused-ring (bicyclic) bond motifs is 1. The summed E-state index contributed by atoms with van der Waals surface area (Å²) in [5.74, 6) is 1.37. The lowest BCUT2D eigenvalue weighted by molar-refractivity contribution is 0.0894. The van der Waals surface area contributed by atoms with Gasteiger partial charge in [-0.1, -0.05) is 20.8 Å². The standard InChI is InChI=1S/C29H43N5O6S/c1-5-11-26-30-24(7-3)27-29(35)31-28(32-34(26)27)23-19-22(13-14-25(23)40-16-6-2)41(36,37)33(15-10-17-38-8-4)20-21-12-9-18-39-21/h13-14,19,21H,5-12,15-18,20H2,1-4H3,(H,31,32,35). The van der Waals surface area contributed by atoms with E-state index in [0.717, 1.165) is 25.7 Å². The summed E-state index contributed by atoms with van der Waals surface area (Å²) in [6.45, 7) is 10.6. The molecule has 0 saturated carbocycles.